The van der Waals surface area contributed by atoms with Gasteiger partial charge in [0.15, 0.2) is 0 Å². The molecule has 0 N–H and O–H groups in total. The molecule has 0 saturated carbocycles. The molecular formula is C18H20N4O2. The maximum Gasteiger partial charge on any atom is 0.291 e. The van der Waals surface area contributed by atoms with Crippen molar-refractivity contribution >= 4 is 27.7 Å². The molecule has 0 spiro atoms. The topological polar surface area (TPSA) is 60.1 Å². The molecule has 0 unspecified atom stereocenters. The van der Waals surface area contributed by atoms with Gasteiger partial charge in [0, 0.05) is 36.4 Å². The second-order valence-electron chi connectivity index (χ2n) is 6.38. The van der Waals surface area contributed by atoms with E-state index in [1.165, 1.54) is 11.1 Å². The summed E-state index contributed by atoms with van der Waals surface area (Å²) in [6.45, 7) is 1.83. The first-order valence-corrected chi connectivity index (χ1v) is 8.38. The zero-order valence-corrected chi connectivity index (χ0v) is 13.7. The molecule has 1 saturated heterocycles. The van der Waals surface area contributed by atoms with Crippen molar-refractivity contribution in [1.29, 1.82) is 0 Å². The van der Waals surface area contributed by atoms with Crippen molar-refractivity contribution in [3.8, 4) is 0 Å². The fraction of sp³-hybridized carbons (Fsp3) is 0.389. The van der Waals surface area contributed by atoms with Crippen LogP contribution in [0.1, 0.15) is 19.3 Å². The summed E-state index contributed by atoms with van der Waals surface area (Å²) in [5.41, 5.74) is 1.29. The van der Waals surface area contributed by atoms with E-state index in [-0.39, 0.29) is 18.0 Å². The Morgan fingerprint density at radius 3 is 2.67 bits per heavy atom. The minimum Gasteiger partial charge on any atom is -0.341 e. The van der Waals surface area contributed by atoms with E-state index in [1.54, 1.807) is 13.2 Å². The molecule has 1 aromatic carbocycles. The molecule has 3 heterocycles. The van der Waals surface area contributed by atoms with Gasteiger partial charge in [-0.2, -0.15) is 5.10 Å². The highest BCUT2D eigenvalue weighted by Crippen LogP contribution is 2.26. The Labute approximate surface area is 139 Å². The molecule has 4 rings (SSSR count). The SMILES string of the molecule is Cn1ncc2c3ccccc3n(CC(=O)N3CCCCC3)c2c1=O. The fourth-order valence-electron chi connectivity index (χ4n) is 3.58. The summed E-state index contributed by atoms with van der Waals surface area (Å²) >= 11 is 0. The lowest BCUT2D eigenvalue weighted by Crippen LogP contribution is -2.38. The Balaban J connectivity index is 1.87. The van der Waals surface area contributed by atoms with Crippen LogP contribution in [0, 0.1) is 0 Å². The first-order chi connectivity index (χ1) is 11.7. The zero-order valence-electron chi connectivity index (χ0n) is 13.7. The maximum absolute atomic E-state index is 12.7. The lowest BCUT2D eigenvalue weighted by Gasteiger charge is -2.27. The number of aryl methyl sites for hydroxylation is 1. The van der Waals surface area contributed by atoms with Gasteiger partial charge >= 0.3 is 0 Å². The standard InChI is InChI=1S/C18H20N4O2/c1-20-18(24)17-14(11-19-20)13-7-3-4-8-15(13)22(17)12-16(23)21-9-5-2-6-10-21/h3-4,7-8,11H,2,5-6,9-10,12H2,1H3. The van der Waals surface area contributed by atoms with Crippen LogP contribution >= 0.6 is 0 Å². The highest BCUT2D eigenvalue weighted by Gasteiger charge is 2.21. The van der Waals surface area contributed by atoms with E-state index in [1.807, 2.05) is 33.7 Å². The summed E-state index contributed by atoms with van der Waals surface area (Å²) in [5.74, 6) is 0.0798. The van der Waals surface area contributed by atoms with E-state index >= 15 is 0 Å². The molecule has 1 aliphatic rings. The highest BCUT2D eigenvalue weighted by atomic mass is 16.2. The summed E-state index contributed by atoms with van der Waals surface area (Å²) < 4.78 is 3.18. The van der Waals surface area contributed by atoms with Gasteiger partial charge in [0.1, 0.15) is 12.1 Å². The van der Waals surface area contributed by atoms with Gasteiger partial charge in [0.2, 0.25) is 5.91 Å². The first kappa shape index (κ1) is 14.9. The predicted octanol–water partition coefficient (Wildman–Crippen LogP) is 1.90. The molecule has 0 radical (unpaired) electrons. The van der Waals surface area contributed by atoms with Crippen molar-refractivity contribution in [1.82, 2.24) is 19.2 Å². The Morgan fingerprint density at radius 1 is 1.12 bits per heavy atom. The fourth-order valence-corrected chi connectivity index (χ4v) is 3.58. The van der Waals surface area contributed by atoms with E-state index in [9.17, 15) is 9.59 Å². The normalized spacial score (nSPS) is 15.3. The van der Waals surface area contributed by atoms with Crippen LogP contribution in [-0.4, -0.2) is 38.2 Å². The number of fused-ring (bicyclic) bond motifs is 3. The van der Waals surface area contributed by atoms with Gasteiger partial charge in [-0.25, -0.2) is 4.68 Å². The van der Waals surface area contributed by atoms with Gasteiger partial charge in [0.25, 0.3) is 5.56 Å². The zero-order chi connectivity index (χ0) is 16.7. The van der Waals surface area contributed by atoms with E-state index in [0.29, 0.717) is 5.52 Å². The molecule has 6 heteroatoms. The highest BCUT2D eigenvalue weighted by molar-refractivity contribution is 6.07. The Morgan fingerprint density at radius 2 is 1.88 bits per heavy atom. The number of hydrogen-bond acceptors (Lipinski definition) is 3. The largest absolute Gasteiger partial charge is 0.341 e. The number of likely N-dealkylation sites (tertiary alicyclic amines) is 1. The van der Waals surface area contributed by atoms with E-state index in [4.69, 9.17) is 0 Å². The van der Waals surface area contributed by atoms with Crippen LogP contribution in [0.15, 0.2) is 35.3 Å². The van der Waals surface area contributed by atoms with Crippen molar-refractivity contribution in [2.45, 2.75) is 25.8 Å². The molecule has 6 nitrogen and oxygen atoms in total. The molecule has 3 aromatic rings. The molecule has 1 fully saturated rings. The molecule has 2 aromatic heterocycles. The number of para-hydroxylation sites is 1. The lowest BCUT2D eigenvalue weighted by molar-refractivity contribution is -0.132. The minimum atomic E-state index is -0.171. The van der Waals surface area contributed by atoms with Crippen molar-refractivity contribution < 1.29 is 4.79 Å². The third-order valence-electron chi connectivity index (χ3n) is 4.87. The summed E-state index contributed by atoms with van der Waals surface area (Å²) in [6, 6.07) is 7.80. The van der Waals surface area contributed by atoms with Gasteiger partial charge in [-0.15, -0.1) is 0 Å². The second kappa shape index (κ2) is 5.78. The lowest BCUT2D eigenvalue weighted by atomic mass is 10.1. The number of rotatable bonds is 2. The molecule has 0 atom stereocenters. The van der Waals surface area contributed by atoms with Crippen LogP contribution in [0.3, 0.4) is 0 Å². The number of piperidine rings is 1. The number of carbonyl (C=O) groups excluding carboxylic acids is 1. The third kappa shape index (κ3) is 2.29. The Kier molecular flexibility index (Phi) is 3.59. The van der Waals surface area contributed by atoms with Crippen LogP contribution < -0.4 is 5.56 Å². The van der Waals surface area contributed by atoms with Gasteiger partial charge in [-0.3, -0.25) is 9.59 Å². The molecule has 24 heavy (non-hydrogen) atoms. The third-order valence-corrected chi connectivity index (χ3v) is 4.87. The monoisotopic (exact) mass is 324 g/mol. The molecule has 1 amide bonds. The quantitative estimate of drug-likeness (QED) is 0.723. The van der Waals surface area contributed by atoms with Crippen LogP contribution in [0.25, 0.3) is 21.8 Å². The summed E-state index contributed by atoms with van der Waals surface area (Å²) in [4.78, 5) is 27.3. The molecule has 124 valence electrons. The average molecular weight is 324 g/mol. The summed E-state index contributed by atoms with van der Waals surface area (Å²) in [7, 11) is 1.64. The number of benzene rings is 1. The number of nitrogens with zero attached hydrogens (tertiary/aromatic N) is 4. The predicted molar refractivity (Wildman–Crippen MR) is 92.9 cm³/mol. The molecule has 0 bridgehead atoms. The minimum absolute atomic E-state index is 0.0798. The van der Waals surface area contributed by atoms with Crippen molar-refractivity contribution in [3.63, 3.8) is 0 Å². The summed E-state index contributed by atoms with van der Waals surface area (Å²) in [5, 5.41) is 5.90. The van der Waals surface area contributed by atoms with Crippen LogP contribution in [-0.2, 0) is 18.4 Å². The van der Waals surface area contributed by atoms with E-state index < -0.39 is 0 Å². The smallest absolute Gasteiger partial charge is 0.291 e. The molecule has 0 aliphatic carbocycles. The van der Waals surface area contributed by atoms with E-state index in [2.05, 4.69) is 5.10 Å². The van der Waals surface area contributed by atoms with Crippen LogP contribution in [0.5, 0.6) is 0 Å². The average Bonchev–Trinajstić information content (AvgIpc) is 2.93. The van der Waals surface area contributed by atoms with E-state index in [0.717, 1.165) is 42.2 Å². The molecular weight excluding hydrogens is 304 g/mol. The Bertz CT molecular complexity index is 980. The van der Waals surface area contributed by atoms with Gasteiger partial charge in [0.05, 0.1) is 6.20 Å². The van der Waals surface area contributed by atoms with Crippen molar-refractivity contribution in [3.05, 3.63) is 40.8 Å². The van der Waals surface area contributed by atoms with Gasteiger partial charge in [-0.1, -0.05) is 18.2 Å². The maximum atomic E-state index is 12.7. The van der Waals surface area contributed by atoms with Gasteiger partial charge < -0.3 is 9.47 Å². The Hall–Kier alpha value is -2.63. The van der Waals surface area contributed by atoms with Gasteiger partial charge in [-0.05, 0) is 25.3 Å². The van der Waals surface area contributed by atoms with Crippen LogP contribution in [0.2, 0.25) is 0 Å². The van der Waals surface area contributed by atoms with Crippen molar-refractivity contribution in [2.75, 3.05) is 13.1 Å². The summed E-state index contributed by atoms with van der Waals surface area (Å²) in [6.07, 6.45) is 5.02. The number of carbonyl (C=O) groups is 1. The van der Waals surface area contributed by atoms with Crippen LogP contribution in [0.4, 0.5) is 0 Å². The number of amides is 1. The second-order valence-corrected chi connectivity index (χ2v) is 6.38. The molecule has 1 aliphatic heterocycles. The number of aromatic nitrogens is 3. The van der Waals surface area contributed by atoms with Crippen molar-refractivity contribution in [2.24, 2.45) is 7.05 Å². The first-order valence-electron chi connectivity index (χ1n) is 8.38. The number of hydrogen-bond donors (Lipinski definition) is 0.